The molecule has 1 heterocycles. The molecule has 13 heavy (non-hydrogen) atoms. The van der Waals surface area contributed by atoms with Gasteiger partial charge in [-0.3, -0.25) is 9.11 Å². The molecule has 0 saturated heterocycles. The van der Waals surface area contributed by atoms with Crippen LogP contribution in [0.25, 0.3) is 6.08 Å². The molecule has 2 N–H and O–H groups in total. The van der Waals surface area contributed by atoms with Crippen molar-refractivity contribution in [3.8, 4) is 0 Å². The molecule has 0 amide bonds. The lowest BCUT2D eigenvalue weighted by atomic mass is 10.2. The van der Waals surface area contributed by atoms with Gasteiger partial charge in [0.05, 0.1) is 4.90 Å². The number of fused-ring (bicyclic) bond motifs is 1. The van der Waals surface area contributed by atoms with E-state index in [2.05, 4.69) is 0 Å². The smallest absolute Gasteiger partial charge is 0.0702 e. The van der Waals surface area contributed by atoms with Gasteiger partial charge >= 0.3 is 0 Å². The van der Waals surface area contributed by atoms with Gasteiger partial charge in [0.15, 0.2) is 0 Å². The van der Waals surface area contributed by atoms with Crippen molar-refractivity contribution in [1.29, 1.82) is 0 Å². The summed E-state index contributed by atoms with van der Waals surface area (Å²) in [5.41, 5.74) is 0.868. The molecule has 1 aromatic rings. The number of benzene rings is 1. The zero-order valence-corrected chi connectivity index (χ0v) is 7.74. The van der Waals surface area contributed by atoms with E-state index in [9.17, 15) is 9.11 Å². The summed E-state index contributed by atoms with van der Waals surface area (Å²) in [7, 11) is -2.72. The fourth-order valence-corrected chi connectivity index (χ4v) is 2.50. The maximum atomic E-state index is 9.72. The maximum absolute atomic E-state index is 9.72. The Morgan fingerprint density at radius 3 is 2.62 bits per heavy atom. The fourth-order valence-electron chi connectivity index (χ4n) is 1.28. The summed E-state index contributed by atoms with van der Waals surface area (Å²) in [4.78, 5) is 0.597. The second-order valence-corrected chi connectivity index (χ2v) is 4.72. The highest BCUT2D eigenvalue weighted by Crippen LogP contribution is 2.52. The van der Waals surface area contributed by atoms with Crippen LogP contribution < -0.4 is 0 Å². The zero-order chi connectivity index (χ0) is 9.31. The molecule has 0 aliphatic carbocycles. The Morgan fingerprint density at radius 1 is 1.00 bits per heavy atom. The second-order valence-electron chi connectivity index (χ2n) is 2.82. The minimum Gasteiger partial charge on any atom is -0.291 e. The van der Waals surface area contributed by atoms with Crippen LogP contribution in [0.2, 0.25) is 0 Å². The highest BCUT2D eigenvalue weighted by Gasteiger charge is 2.15. The molecule has 0 saturated carbocycles. The van der Waals surface area contributed by atoms with Gasteiger partial charge in [0.25, 0.3) is 0 Å². The van der Waals surface area contributed by atoms with Crippen LogP contribution >= 0.6 is 10.6 Å². The Kier molecular flexibility index (Phi) is 2.00. The minimum absolute atomic E-state index is 0.597. The van der Waals surface area contributed by atoms with Crippen LogP contribution in [0, 0.1) is 0 Å². The Hall–Kier alpha value is -1.03. The van der Waals surface area contributed by atoms with Crippen LogP contribution in [0.15, 0.2) is 46.7 Å². The first-order chi connectivity index (χ1) is 6.20. The Balaban J connectivity index is 2.64. The third-order valence-electron chi connectivity index (χ3n) is 1.90. The quantitative estimate of drug-likeness (QED) is 0.665. The van der Waals surface area contributed by atoms with Crippen LogP contribution in [0.4, 0.5) is 0 Å². The maximum Gasteiger partial charge on any atom is 0.0702 e. The lowest BCUT2D eigenvalue weighted by Gasteiger charge is -2.28. The van der Waals surface area contributed by atoms with E-state index in [1.165, 1.54) is 5.41 Å². The van der Waals surface area contributed by atoms with Crippen LogP contribution in [-0.2, 0) is 0 Å². The van der Waals surface area contributed by atoms with Crippen molar-refractivity contribution in [1.82, 2.24) is 0 Å². The highest BCUT2D eigenvalue weighted by atomic mass is 32.3. The van der Waals surface area contributed by atoms with Crippen LogP contribution in [-0.4, -0.2) is 9.11 Å². The molecule has 0 bridgehead atoms. The van der Waals surface area contributed by atoms with Crippen molar-refractivity contribution < 1.29 is 9.11 Å². The normalized spacial score (nSPS) is 20.5. The molecule has 0 unspecified atom stereocenters. The third-order valence-corrected chi connectivity index (χ3v) is 3.45. The van der Waals surface area contributed by atoms with Crippen molar-refractivity contribution in [2.45, 2.75) is 4.90 Å². The largest absolute Gasteiger partial charge is 0.291 e. The van der Waals surface area contributed by atoms with Gasteiger partial charge in [-0.05, 0) is 17.7 Å². The molecule has 1 aromatic carbocycles. The Bertz CT molecular complexity index is 380. The zero-order valence-electron chi connectivity index (χ0n) is 6.92. The minimum atomic E-state index is -2.72. The summed E-state index contributed by atoms with van der Waals surface area (Å²) in [5, 5.41) is 1.44. The van der Waals surface area contributed by atoms with E-state index in [0.717, 1.165) is 5.56 Å². The molecule has 0 atom stereocenters. The molecule has 2 nitrogen and oxygen atoms in total. The van der Waals surface area contributed by atoms with Gasteiger partial charge in [-0.15, -0.1) is 10.6 Å². The second kappa shape index (κ2) is 3.03. The molecule has 68 valence electrons. The fraction of sp³-hybridized carbons (Fsp3) is 0. The van der Waals surface area contributed by atoms with Crippen molar-refractivity contribution >= 4 is 16.7 Å². The molecular formula is C10H10O2S. The van der Waals surface area contributed by atoms with Crippen LogP contribution in [0.3, 0.4) is 0 Å². The lowest BCUT2D eigenvalue weighted by molar-refractivity contribution is 0.499. The van der Waals surface area contributed by atoms with Crippen molar-refractivity contribution in [3.05, 3.63) is 47.4 Å². The molecule has 0 spiro atoms. The number of allylic oxidation sites excluding steroid dienone is 2. The molecule has 0 radical (unpaired) electrons. The molecule has 1 aliphatic heterocycles. The topological polar surface area (TPSA) is 40.5 Å². The molecule has 1 aliphatic rings. The van der Waals surface area contributed by atoms with E-state index in [1.807, 2.05) is 18.2 Å². The number of hydrogen-bond acceptors (Lipinski definition) is 2. The van der Waals surface area contributed by atoms with Crippen molar-refractivity contribution in [2.75, 3.05) is 0 Å². The first kappa shape index (κ1) is 8.56. The van der Waals surface area contributed by atoms with Gasteiger partial charge in [0.1, 0.15) is 0 Å². The number of rotatable bonds is 0. The molecule has 2 rings (SSSR count). The van der Waals surface area contributed by atoms with E-state index in [4.69, 9.17) is 0 Å². The average Bonchev–Trinajstić information content (AvgIpc) is 2.26. The van der Waals surface area contributed by atoms with E-state index < -0.39 is 10.6 Å². The molecular weight excluding hydrogens is 184 g/mol. The van der Waals surface area contributed by atoms with Gasteiger partial charge in [-0.25, -0.2) is 0 Å². The summed E-state index contributed by atoms with van der Waals surface area (Å²) < 4.78 is 19.4. The SMILES string of the molecule is OS1(O)C=CC=Cc2ccccc21. The Morgan fingerprint density at radius 2 is 1.77 bits per heavy atom. The predicted octanol–water partition coefficient (Wildman–Crippen LogP) is 3.34. The van der Waals surface area contributed by atoms with Gasteiger partial charge in [-0.1, -0.05) is 30.4 Å². The van der Waals surface area contributed by atoms with Gasteiger partial charge in [0.2, 0.25) is 0 Å². The van der Waals surface area contributed by atoms with Gasteiger partial charge in [0, 0.05) is 5.41 Å². The van der Waals surface area contributed by atoms with Crippen molar-refractivity contribution in [3.63, 3.8) is 0 Å². The predicted molar refractivity (Wildman–Crippen MR) is 55.7 cm³/mol. The summed E-state index contributed by atoms with van der Waals surface area (Å²) in [6.07, 6.45) is 5.34. The average molecular weight is 194 g/mol. The van der Waals surface area contributed by atoms with E-state index in [-0.39, 0.29) is 0 Å². The molecule has 0 aromatic heterocycles. The molecule has 3 heteroatoms. The van der Waals surface area contributed by atoms with Crippen molar-refractivity contribution in [2.24, 2.45) is 0 Å². The first-order valence-electron chi connectivity index (χ1n) is 3.92. The van der Waals surface area contributed by atoms with Crippen LogP contribution in [0.1, 0.15) is 5.56 Å². The standard InChI is InChI=1S/C10H10O2S/c11-13(12)8-4-3-6-9-5-1-2-7-10(9)13/h1-8,11-12H. The van der Waals surface area contributed by atoms with E-state index >= 15 is 0 Å². The summed E-state index contributed by atoms with van der Waals surface area (Å²) in [6.45, 7) is 0. The van der Waals surface area contributed by atoms with Crippen LogP contribution in [0.5, 0.6) is 0 Å². The first-order valence-corrected chi connectivity index (χ1v) is 5.53. The highest BCUT2D eigenvalue weighted by molar-refractivity contribution is 8.26. The van der Waals surface area contributed by atoms with Gasteiger partial charge in [-0.2, -0.15) is 0 Å². The van der Waals surface area contributed by atoms with E-state index in [0.29, 0.717) is 4.90 Å². The number of hydrogen-bond donors (Lipinski definition) is 2. The lowest BCUT2D eigenvalue weighted by Crippen LogP contribution is -1.95. The summed E-state index contributed by atoms with van der Waals surface area (Å²) in [5.74, 6) is 0. The van der Waals surface area contributed by atoms with Gasteiger partial charge < -0.3 is 0 Å². The summed E-state index contributed by atoms with van der Waals surface area (Å²) in [6, 6.07) is 7.29. The summed E-state index contributed by atoms with van der Waals surface area (Å²) >= 11 is 0. The van der Waals surface area contributed by atoms with E-state index in [1.54, 1.807) is 24.3 Å². The third kappa shape index (κ3) is 1.54. The Labute approximate surface area is 78.6 Å². The monoisotopic (exact) mass is 194 g/mol. The molecule has 0 fully saturated rings.